The highest BCUT2D eigenvalue weighted by molar-refractivity contribution is 7.80. The van der Waals surface area contributed by atoms with Crippen molar-refractivity contribution in [1.82, 2.24) is 4.98 Å². The molecule has 0 aliphatic rings. The van der Waals surface area contributed by atoms with Crippen LogP contribution in [0.4, 0.5) is 5.82 Å². The van der Waals surface area contributed by atoms with Crippen molar-refractivity contribution >= 4 is 34.4 Å². The summed E-state index contributed by atoms with van der Waals surface area (Å²) in [5.41, 5.74) is 6.56. The number of anilines is 1. The van der Waals surface area contributed by atoms with E-state index in [4.69, 9.17) is 18.0 Å². The normalized spacial score (nSPS) is 12.1. The average molecular weight is 277 g/mol. The first-order chi connectivity index (χ1) is 8.61. The highest BCUT2D eigenvalue weighted by Crippen LogP contribution is 2.28. The zero-order valence-corrected chi connectivity index (χ0v) is 12.0. The van der Waals surface area contributed by atoms with Crippen LogP contribution in [-0.2, 0) is 0 Å². The molecule has 3 nitrogen and oxygen atoms in total. The Morgan fingerprint density at radius 3 is 2.83 bits per heavy atom. The smallest absolute Gasteiger partial charge is 0.139 e. The number of hydrogen-bond donors (Lipinski definition) is 1. The molecular formula is C13H15N3S2. The van der Waals surface area contributed by atoms with E-state index < -0.39 is 0 Å². The summed E-state index contributed by atoms with van der Waals surface area (Å²) in [6.07, 6.45) is 1.76. The fourth-order valence-corrected chi connectivity index (χ4v) is 2.76. The number of nitrogens with two attached hydrogens (primary N) is 1. The molecule has 1 unspecified atom stereocenters. The molecule has 0 bridgehead atoms. The molecule has 0 spiro atoms. The molecule has 2 aromatic heterocycles. The van der Waals surface area contributed by atoms with Crippen LogP contribution in [0.15, 0.2) is 35.8 Å². The number of hydrogen-bond acceptors (Lipinski definition) is 4. The van der Waals surface area contributed by atoms with E-state index in [1.807, 2.05) is 19.2 Å². The summed E-state index contributed by atoms with van der Waals surface area (Å²) in [5, 5.41) is 2.08. The second-order valence-corrected chi connectivity index (χ2v) is 5.46. The van der Waals surface area contributed by atoms with Gasteiger partial charge in [0.15, 0.2) is 0 Å². The molecule has 0 aliphatic heterocycles. The van der Waals surface area contributed by atoms with E-state index in [-0.39, 0.29) is 6.04 Å². The molecule has 1 atom stereocenters. The van der Waals surface area contributed by atoms with E-state index in [1.54, 1.807) is 17.5 Å². The van der Waals surface area contributed by atoms with E-state index >= 15 is 0 Å². The summed E-state index contributed by atoms with van der Waals surface area (Å²) in [5.74, 6) is 0.825. The molecule has 0 radical (unpaired) electrons. The Morgan fingerprint density at radius 2 is 2.22 bits per heavy atom. The summed E-state index contributed by atoms with van der Waals surface area (Å²) < 4.78 is 0. The minimum atomic E-state index is 0.244. The fraction of sp³-hybridized carbons (Fsp3) is 0.231. The van der Waals surface area contributed by atoms with Gasteiger partial charge in [0.25, 0.3) is 0 Å². The molecule has 2 rings (SSSR count). The van der Waals surface area contributed by atoms with Gasteiger partial charge >= 0.3 is 0 Å². The minimum Gasteiger partial charge on any atom is -0.389 e. The summed E-state index contributed by atoms with van der Waals surface area (Å²) in [7, 11) is 2.01. The van der Waals surface area contributed by atoms with Gasteiger partial charge in [-0.3, -0.25) is 0 Å². The van der Waals surface area contributed by atoms with Crippen LogP contribution in [0.3, 0.4) is 0 Å². The second-order valence-electron chi connectivity index (χ2n) is 4.04. The van der Waals surface area contributed by atoms with Crippen LogP contribution < -0.4 is 10.6 Å². The topological polar surface area (TPSA) is 42.2 Å². The molecule has 2 N–H and O–H groups in total. The first-order valence-electron chi connectivity index (χ1n) is 5.62. The summed E-state index contributed by atoms with van der Waals surface area (Å²) >= 11 is 6.80. The predicted molar refractivity (Wildman–Crippen MR) is 81.3 cm³/mol. The number of thiophene rings is 1. The van der Waals surface area contributed by atoms with Crippen molar-refractivity contribution in [3.63, 3.8) is 0 Å². The molecule has 0 fully saturated rings. The van der Waals surface area contributed by atoms with Crippen LogP contribution in [0.2, 0.25) is 0 Å². The van der Waals surface area contributed by atoms with Crippen molar-refractivity contribution in [2.45, 2.75) is 13.0 Å². The first kappa shape index (κ1) is 13.0. The molecular weight excluding hydrogens is 262 g/mol. The van der Waals surface area contributed by atoms with Crippen LogP contribution in [0, 0.1) is 0 Å². The number of rotatable bonds is 4. The summed E-state index contributed by atoms with van der Waals surface area (Å²) in [6.45, 7) is 2.14. The SMILES string of the molecule is CC(c1cccs1)N(C)c1ncccc1C(N)=S. The third kappa shape index (κ3) is 2.52. The van der Waals surface area contributed by atoms with Crippen molar-refractivity contribution in [2.24, 2.45) is 5.73 Å². The first-order valence-corrected chi connectivity index (χ1v) is 6.91. The van der Waals surface area contributed by atoms with E-state index in [0.29, 0.717) is 4.99 Å². The van der Waals surface area contributed by atoms with E-state index in [0.717, 1.165) is 11.4 Å². The van der Waals surface area contributed by atoms with Gasteiger partial charge in [-0.25, -0.2) is 4.98 Å². The molecule has 18 heavy (non-hydrogen) atoms. The van der Waals surface area contributed by atoms with Gasteiger partial charge in [0.05, 0.1) is 11.6 Å². The van der Waals surface area contributed by atoms with E-state index in [9.17, 15) is 0 Å². The largest absolute Gasteiger partial charge is 0.389 e. The Hall–Kier alpha value is -1.46. The summed E-state index contributed by atoms with van der Waals surface area (Å²) in [4.78, 5) is 8.16. The molecule has 0 saturated heterocycles. The van der Waals surface area contributed by atoms with Crippen molar-refractivity contribution in [3.8, 4) is 0 Å². The zero-order chi connectivity index (χ0) is 13.1. The molecule has 0 aromatic carbocycles. The number of thiocarbonyl (C=S) groups is 1. The molecule has 2 aromatic rings. The van der Waals surface area contributed by atoms with Crippen molar-refractivity contribution in [3.05, 3.63) is 46.3 Å². The molecule has 5 heteroatoms. The Labute approximate surface area is 116 Å². The van der Waals surface area contributed by atoms with Gasteiger partial charge < -0.3 is 10.6 Å². The van der Waals surface area contributed by atoms with Crippen LogP contribution >= 0.6 is 23.6 Å². The number of pyridine rings is 1. The maximum atomic E-state index is 5.74. The third-order valence-corrected chi connectivity index (χ3v) is 4.18. The summed E-state index contributed by atoms with van der Waals surface area (Å²) in [6, 6.07) is 8.17. The Bertz CT molecular complexity index is 537. The standard InChI is InChI=1S/C13H15N3S2/c1-9(11-6-4-8-18-11)16(2)13-10(12(14)17)5-3-7-15-13/h3-9H,1-2H3,(H2,14,17). The Kier molecular flexibility index (Phi) is 3.93. The second kappa shape index (κ2) is 5.46. The molecule has 0 amide bonds. The highest BCUT2D eigenvalue weighted by Gasteiger charge is 2.17. The van der Waals surface area contributed by atoms with Gasteiger partial charge in [-0.1, -0.05) is 18.3 Å². The van der Waals surface area contributed by atoms with Gasteiger partial charge in [-0.2, -0.15) is 0 Å². The fourth-order valence-electron chi connectivity index (χ4n) is 1.77. The van der Waals surface area contributed by atoms with Gasteiger partial charge in [0, 0.05) is 18.1 Å². The molecule has 0 saturated carbocycles. The third-order valence-electron chi connectivity index (χ3n) is 2.92. The van der Waals surface area contributed by atoms with Crippen LogP contribution in [0.25, 0.3) is 0 Å². The Morgan fingerprint density at radius 1 is 1.44 bits per heavy atom. The average Bonchev–Trinajstić information content (AvgIpc) is 2.90. The molecule has 2 heterocycles. The minimum absolute atomic E-state index is 0.244. The quantitative estimate of drug-likeness (QED) is 0.872. The lowest BCUT2D eigenvalue weighted by Gasteiger charge is -2.26. The van der Waals surface area contributed by atoms with Crippen molar-refractivity contribution in [2.75, 3.05) is 11.9 Å². The van der Waals surface area contributed by atoms with Gasteiger partial charge in [0.2, 0.25) is 0 Å². The predicted octanol–water partition coefficient (Wildman–Crippen LogP) is 2.97. The van der Waals surface area contributed by atoms with Gasteiger partial charge in [0.1, 0.15) is 10.8 Å². The van der Waals surface area contributed by atoms with Gasteiger partial charge in [-0.05, 0) is 30.5 Å². The monoisotopic (exact) mass is 277 g/mol. The number of aromatic nitrogens is 1. The zero-order valence-electron chi connectivity index (χ0n) is 10.3. The highest BCUT2D eigenvalue weighted by atomic mass is 32.1. The van der Waals surface area contributed by atoms with Crippen LogP contribution in [0.1, 0.15) is 23.4 Å². The maximum Gasteiger partial charge on any atom is 0.139 e. The van der Waals surface area contributed by atoms with Crippen molar-refractivity contribution < 1.29 is 0 Å². The van der Waals surface area contributed by atoms with Crippen LogP contribution in [0.5, 0.6) is 0 Å². The Balaban J connectivity index is 2.34. The molecule has 0 aliphatic carbocycles. The lowest BCUT2D eigenvalue weighted by Crippen LogP contribution is -2.25. The molecule has 94 valence electrons. The maximum absolute atomic E-state index is 5.74. The lowest BCUT2D eigenvalue weighted by atomic mass is 10.2. The van der Waals surface area contributed by atoms with Crippen LogP contribution in [-0.4, -0.2) is 17.0 Å². The van der Waals surface area contributed by atoms with E-state index in [2.05, 4.69) is 34.3 Å². The van der Waals surface area contributed by atoms with Gasteiger partial charge in [-0.15, -0.1) is 11.3 Å². The van der Waals surface area contributed by atoms with E-state index in [1.165, 1.54) is 4.88 Å². The van der Waals surface area contributed by atoms with Crippen molar-refractivity contribution in [1.29, 1.82) is 0 Å². The lowest BCUT2D eigenvalue weighted by molar-refractivity contribution is 0.741. The number of nitrogens with zero attached hydrogens (tertiary/aromatic N) is 2.